The highest BCUT2D eigenvalue weighted by Gasteiger charge is 2.54. The molecule has 3 aromatic rings. The summed E-state index contributed by atoms with van der Waals surface area (Å²) in [5.74, 6) is -2.12. The topological polar surface area (TPSA) is 142 Å². The molecule has 2 heterocycles. The normalized spacial score (nSPS) is 22.7. The van der Waals surface area contributed by atoms with E-state index in [1.807, 2.05) is 67.6 Å². The van der Waals surface area contributed by atoms with Crippen LogP contribution in [0.3, 0.4) is 0 Å². The third kappa shape index (κ3) is 9.02. The van der Waals surface area contributed by atoms with E-state index in [0.717, 1.165) is 16.7 Å². The van der Waals surface area contributed by atoms with Gasteiger partial charge in [0.15, 0.2) is 0 Å². The summed E-state index contributed by atoms with van der Waals surface area (Å²) in [6.07, 6.45) is 2.44. The molecule has 3 N–H and O–H groups in total. The largest absolute Gasteiger partial charge is 0.524 e. The zero-order valence-corrected chi connectivity index (χ0v) is 29.4. The second-order valence-electron chi connectivity index (χ2n) is 13.8. The summed E-state index contributed by atoms with van der Waals surface area (Å²) in [6, 6.07) is 22.7. The van der Waals surface area contributed by atoms with Crippen molar-refractivity contribution in [3.63, 3.8) is 0 Å². The quantitative estimate of drug-likeness (QED) is 0.218. The molecule has 270 valence electrons. The van der Waals surface area contributed by atoms with Crippen molar-refractivity contribution in [1.29, 1.82) is 0 Å². The Labute approximate surface area is 301 Å². The summed E-state index contributed by atoms with van der Waals surface area (Å²) in [7, 11) is 0. The average molecular weight is 699 g/mol. The molecule has 0 bridgehead atoms. The number of quaternary nitrogens is 1. The van der Waals surface area contributed by atoms with Gasteiger partial charge in [-0.05, 0) is 68.4 Å². The van der Waals surface area contributed by atoms with Crippen LogP contribution in [0.5, 0.6) is 5.75 Å². The molecular weight excluding hydrogens is 648 g/mol. The maximum Gasteiger partial charge on any atom is 0.524 e. The summed E-state index contributed by atoms with van der Waals surface area (Å²) in [4.78, 5) is 70.2. The van der Waals surface area contributed by atoms with Crippen LogP contribution >= 0.6 is 0 Å². The number of aromatic hydroxyl groups is 1. The van der Waals surface area contributed by atoms with E-state index in [4.69, 9.17) is 4.74 Å². The molecule has 5 rings (SSSR count). The number of carbonyl (C=O) groups is 5. The number of benzene rings is 3. The Hall–Kier alpha value is -5.03. The number of hydrogen-bond acceptors (Lipinski definition) is 7. The third-order valence-corrected chi connectivity index (χ3v) is 10.0. The molecule has 5 amide bonds. The van der Waals surface area contributed by atoms with Crippen LogP contribution in [0.25, 0.3) is 0 Å². The molecule has 0 saturated carbocycles. The van der Waals surface area contributed by atoms with Gasteiger partial charge in [0.05, 0.1) is 7.92 Å². The van der Waals surface area contributed by atoms with E-state index in [0.29, 0.717) is 32.1 Å². The Morgan fingerprint density at radius 3 is 2.24 bits per heavy atom. The van der Waals surface area contributed by atoms with Crippen LogP contribution in [0.15, 0.2) is 84.9 Å². The fourth-order valence-electron chi connectivity index (χ4n) is 7.08. The van der Waals surface area contributed by atoms with Crippen molar-refractivity contribution in [2.24, 2.45) is 0 Å². The third-order valence-electron chi connectivity index (χ3n) is 10.0. The van der Waals surface area contributed by atoms with Gasteiger partial charge in [-0.3, -0.25) is 14.4 Å². The van der Waals surface area contributed by atoms with Crippen molar-refractivity contribution in [2.45, 2.75) is 89.4 Å². The molecule has 2 aliphatic heterocycles. The molecule has 3 aromatic carbocycles. The Kier molecular flexibility index (Phi) is 11.8. The summed E-state index contributed by atoms with van der Waals surface area (Å²) in [5.41, 5.74) is 0.871. The highest BCUT2D eigenvalue weighted by molar-refractivity contribution is 5.96. The number of amides is 5. The minimum Gasteiger partial charge on any atom is -0.508 e. The second kappa shape index (κ2) is 16.8. The van der Waals surface area contributed by atoms with Crippen molar-refractivity contribution in [3.05, 3.63) is 102 Å². The number of ether oxygens (including phenoxy) is 1. The van der Waals surface area contributed by atoms with E-state index in [1.54, 1.807) is 24.3 Å². The van der Waals surface area contributed by atoms with Crippen LogP contribution in [0.4, 0.5) is 4.79 Å². The van der Waals surface area contributed by atoms with Crippen molar-refractivity contribution in [3.8, 4) is 5.75 Å². The standard InChI is InChI=1S/C40H48N4O7/c1-29-12-11-25-44(29,39(50)51-28-32-15-7-4-8-16-32)36(47)27-41-38(49)40(2,26-31-13-5-3-6-14-31)42-37(48)34-18-10-24-43(34)35(46)19-9-17-30-20-22-33(45)23-21-30/h3-8,13-16,20-23,29,34H,9-12,17-19,24-28H2,1-2H3,(H2-,41,42,45,48,49)/p+1/t29-,34+,40+,44?/m1/s1/i34D. The molecule has 0 radical (unpaired) electrons. The molecule has 11 nitrogen and oxygen atoms in total. The molecule has 0 aliphatic carbocycles. The van der Waals surface area contributed by atoms with Gasteiger partial charge in [-0.15, -0.1) is 0 Å². The molecule has 1 unspecified atom stereocenters. The highest BCUT2D eigenvalue weighted by Crippen LogP contribution is 2.30. The number of imide groups is 1. The molecule has 0 aromatic heterocycles. The van der Waals surface area contributed by atoms with E-state index in [-0.39, 0.29) is 56.7 Å². The predicted molar refractivity (Wildman–Crippen MR) is 191 cm³/mol. The summed E-state index contributed by atoms with van der Waals surface area (Å²) >= 11 is 0. The lowest BCUT2D eigenvalue weighted by atomic mass is 9.91. The van der Waals surface area contributed by atoms with Crippen molar-refractivity contribution >= 4 is 29.7 Å². The van der Waals surface area contributed by atoms with Gasteiger partial charge in [0.1, 0.15) is 36.5 Å². The predicted octanol–water partition coefficient (Wildman–Crippen LogP) is 4.80. The first kappa shape index (κ1) is 35.8. The minimum absolute atomic E-state index is 0.0139. The SMILES string of the molecule is [2H][C@@]1(C(=O)N[C@@](C)(Cc2ccccc2)C(=O)NCC(=O)[N+]2(C(=O)OCc3ccccc3)CCC[C@H]2C)CCCN1C(=O)CCCc1ccc(O)cc1. The number of nitrogens with zero attached hydrogens (tertiary/aromatic N) is 2. The summed E-state index contributed by atoms with van der Waals surface area (Å²) in [6.45, 7) is 3.40. The van der Waals surface area contributed by atoms with Crippen LogP contribution in [0.2, 0.25) is 0 Å². The van der Waals surface area contributed by atoms with Gasteiger partial charge >= 0.3 is 12.0 Å². The van der Waals surface area contributed by atoms with Crippen molar-refractivity contribution < 1.29 is 39.7 Å². The number of carbonyl (C=O) groups excluding carboxylic acids is 5. The Morgan fingerprint density at radius 1 is 0.922 bits per heavy atom. The van der Waals surface area contributed by atoms with Gasteiger partial charge in [-0.2, -0.15) is 9.28 Å². The Morgan fingerprint density at radius 2 is 1.59 bits per heavy atom. The van der Waals surface area contributed by atoms with Crippen LogP contribution in [0, 0.1) is 0 Å². The number of rotatable bonds is 13. The van der Waals surface area contributed by atoms with Crippen LogP contribution in [0.1, 0.15) is 70.4 Å². The Balaban J connectivity index is 1.28. The van der Waals surface area contributed by atoms with Gasteiger partial charge in [-0.1, -0.05) is 72.8 Å². The van der Waals surface area contributed by atoms with Crippen LogP contribution in [-0.4, -0.2) is 81.4 Å². The molecule has 0 spiro atoms. The maximum absolute atomic E-state index is 14.1. The maximum atomic E-state index is 14.1. The van der Waals surface area contributed by atoms with Crippen LogP contribution in [-0.2, 0) is 43.4 Å². The van der Waals surface area contributed by atoms with Gasteiger partial charge in [0.25, 0.3) is 0 Å². The van der Waals surface area contributed by atoms with E-state index in [9.17, 15) is 30.4 Å². The summed E-state index contributed by atoms with van der Waals surface area (Å²) in [5, 5.41) is 15.0. The minimum atomic E-state index is -1.92. The lowest BCUT2D eigenvalue weighted by molar-refractivity contribution is -0.792. The fourth-order valence-corrected chi connectivity index (χ4v) is 7.08. The number of likely N-dealkylation sites (tertiary alicyclic amines) is 2. The number of aryl methyl sites for hydroxylation is 1. The highest BCUT2D eigenvalue weighted by atomic mass is 16.6. The lowest BCUT2D eigenvalue weighted by Gasteiger charge is -2.34. The molecule has 2 fully saturated rings. The zero-order chi connectivity index (χ0) is 37.4. The van der Waals surface area contributed by atoms with Crippen LogP contribution < -0.4 is 10.6 Å². The first-order chi connectivity index (χ1) is 24.9. The molecular formula is C40H49N4O7+. The van der Waals surface area contributed by atoms with Gasteiger partial charge in [0.2, 0.25) is 17.7 Å². The molecule has 2 saturated heterocycles. The smallest absolute Gasteiger partial charge is 0.508 e. The number of phenols is 1. The molecule has 51 heavy (non-hydrogen) atoms. The van der Waals surface area contributed by atoms with E-state index >= 15 is 0 Å². The molecule has 4 atom stereocenters. The zero-order valence-electron chi connectivity index (χ0n) is 30.4. The number of hydrogen-bond donors (Lipinski definition) is 3. The fraction of sp³-hybridized carbons (Fsp3) is 0.425. The lowest BCUT2D eigenvalue weighted by Crippen LogP contribution is -2.65. The van der Waals surface area contributed by atoms with E-state index in [1.165, 1.54) is 11.8 Å². The average Bonchev–Trinajstić information content (AvgIpc) is 3.74. The van der Waals surface area contributed by atoms with Gasteiger partial charge < -0.3 is 25.4 Å². The second-order valence-corrected chi connectivity index (χ2v) is 13.8. The first-order valence-corrected chi connectivity index (χ1v) is 17.7. The number of nitrogens with one attached hydrogen (secondary N) is 2. The summed E-state index contributed by atoms with van der Waals surface area (Å²) < 4.78 is 14.3. The first-order valence-electron chi connectivity index (χ1n) is 18.2. The van der Waals surface area contributed by atoms with Gasteiger partial charge in [-0.25, -0.2) is 4.79 Å². The Bertz CT molecular complexity index is 1740. The number of phenolic OH excluding ortho intramolecular Hbond substituents is 1. The van der Waals surface area contributed by atoms with Gasteiger partial charge in [0, 0.05) is 32.2 Å². The van der Waals surface area contributed by atoms with Crippen molar-refractivity contribution in [2.75, 3.05) is 19.6 Å². The van der Waals surface area contributed by atoms with E-state index in [2.05, 4.69) is 10.6 Å². The van der Waals surface area contributed by atoms with Crippen molar-refractivity contribution in [1.82, 2.24) is 15.5 Å². The van der Waals surface area contributed by atoms with E-state index < -0.39 is 46.4 Å². The monoisotopic (exact) mass is 698 g/mol. The molecule has 2 aliphatic rings. The molecule has 11 heteroatoms.